The maximum absolute atomic E-state index is 13.7. The van der Waals surface area contributed by atoms with E-state index in [2.05, 4.69) is 61.1 Å². The molecule has 0 radical (unpaired) electrons. The first-order valence-corrected chi connectivity index (χ1v) is 19.5. The Morgan fingerprint density at radius 3 is 2.02 bits per heavy atom. The predicted octanol–water partition coefficient (Wildman–Crippen LogP) is 9.47. The number of allylic oxidation sites excluding steroid dienone is 3. The first-order valence-electron chi connectivity index (χ1n) is 19.5. The van der Waals surface area contributed by atoms with E-state index in [0.29, 0.717) is 29.4 Å². The Hall–Kier alpha value is -3.97. The monoisotopic (exact) mass is 722 g/mol. The first kappa shape index (κ1) is 38.7. The van der Waals surface area contributed by atoms with Gasteiger partial charge >= 0.3 is 17.9 Å². The Morgan fingerprint density at radius 2 is 1.45 bits per heavy atom. The van der Waals surface area contributed by atoms with Gasteiger partial charge in [0.1, 0.15) is 24.4 Å². The van der Waals surface area contributed by atoms with Crippen molar-refractivity contribution < 1.29 is 33.7 Å². The number of benzene rings is 2. The van der Waals surface area contributed by atoms with Crippen LogP contribution in [-0.4, -0.2) is 47.4 Å². The largest absolute Gasteiger partial charge is 0.458 e. The number of aliphatic hydroxyl groups excluding tert-OH is 1. The molecule has 4 aliphatic carbocycles. The van der Waals surface area contributed by atoms with Crippen molar-refractivity contribution in [3.8, 4) is 0 Å². The summed E-state index contributed by atoms with van der Waals surface area (Å²) in [6.07, 6.45) is 3.53. The number of carbonyl (C=O) groups excluding carboxylic acids is 3. The van der Waals surface area contributed by atoms with Crippen LogP contribution in [0.3, 0.4) is 0 Å². The minimum absolute atomic E-state index is 0.0512. The van der Waals surface area contributed by atoms with Gasteiger partial charge < -0.3 is 19.3 Å². The highest BCUT2D eigenvalue weighted by Gasteiger charge is 2.66. The molecule has 0 aromatic heterocycles. The standard InChI is InChI=1S/C46H58O7/c1-27(2)28(3)20-21-29(4)34-23-24-35-33-22-25-37-44(6,7)40(53-43(50)32-18-14-11-15-19-32)36(52-42(49)31-16-12-10-13-17-31)26-45(37,8)38(33)39(48)41(46(34,35)9)51-30(5)47/h10-19,24,27,29,34,36-37,39-41,48H,3,20-23,25-26H2,1-2,4-9H3/t29-,34-,36-,37?,39-,40+,41+,45?,46?/m1/s1. The van der Waals surface area contributed by atoms with Gasteiger partial charge in [-0.2, -0.15) is 0 Å². The summed E-state index contributed by atoms with van der Waals surface area (Å²) in [6.45, 7) is 20.9. The van der Waals surface area contributed by atoms with Gasteiger partial charge in [0.25, 0.3) is 0 Å². The molecule has 4 aliphatic rings. The third kappa shape index (κ3) is 6.83. The number of rotatable bonds is 10. The second-order valence-corrected chi connectivity index (χ2v) is 17.5. The Labute approximate surface area is 315 Å². The fraction of sp³-hybridized carbons (Fsp3) is 0.543. The van der Waals surface area contributed by atoms with E-state index >= 15 is 0 Å². The van der Waals surface area contributed by atoms with Crippen LogP contribution in [0.15, 0.2) is 95.6 Å². The number of hydrogen-bond acceptors (Lipinski definition) is 7. The van der Waals surface area contributed by atoms with Gasteiger partial charge in [0.2, 0.25) is 0 Å². The van der Waals surface area contributed by atoms with Crippen molar-refractivity contribution in [1.29, 1.82) is 0 Å². The van der Waals surface area contributed by atoms with E-state index in [1.54, 1.807) is 48.5 Å². The Balaban J connectivity index is 1.41. The lowest BCUT2D eigenvalue weighted by Crippen LogP contribution is -2.64. The van der Waals surface area contributed by atoms with E-state index < -0.39 is 58.6 Å². The lowest BCUT2D eigenvalue weighted by molar-refractivity contribution is -0.178. The van der Waals surface area contributed by atoms with Gasteiger partial charge in [0.15, 0.2) is 0 Å². The van der Waals surface area contributed by atoms with E-state index in [-0.39, 0.29) is 11.8 Å². The summed E-state index contributed by atoms with van der Waals surface area (Å²) in [6, 6.07) is 17.7. The predicted molar refractivity (Wildman–Crippen MR) is 206 cm³/mol. The van der Waals surface area contributed by atoms with Gasteiger partial charge in [-0.05, 0) is 109 Å². The second kappa shape index (κ2) is 14.7. The zero-order valence-corrected chi connectivity index (χ0v) is 32.8. The summed E-state index contributed by atoms with van der Waals surface area (Å²) in [4.78, 5) is 40.3. The van der Waals surface area contributed by atoms with Crippen LogP contribution in [0.1, 0.15) is 115 Å². The number of hydrogen-bond donors (Lipinski definition) is 1. The molecular formula is C46H58O7. The molecule has 0 amide bonds. The van der Waals surface area contributed by atoms with Crippen LogP contribution in [0.4, 0.5) is 0 Å². The molecule has 1 N–H and O–H groups in total. The smallest absolute Gasteiger partial charge is 0.338 e. The lowest BCUT2D eigenvalue weighted by atomic mass is 9.45. The molecule has 0 heterocycles. The quantitative estimate of drug-likeness (QED) is 0.148. The Morgan fingerprint density at radius 1 is 0.868 bits per heavy atom. The Bertz CT molecular complexity index is 1790. The highest BCUT2D eigenvalue weighted by Crippen LogP contribution is 2.67. The summed E-state index contributed by atoms with van der Waals surface area (Å²) in [5.74, 6) is -0.552. The zero-order valence-electron chi connectivity index (χ0n) is 32.8. The van der Waals surface area contributed by atoms with E-state index in [1.165, 1.54) is 18.1 Å². The fourth-order valence-electron chi connectivity index (χ4n) is 10.9. The highest BCUT2D eigenvalue weighted by molar-refractivity contribution is 5.90. The van der Waals surface area contributed by atoms with Crippen LogP contribution in [0.5, 0.6) is 0 Å². The topological polar surface area (TPSA) is 99.1 Å². The molecule has 2 aromatic carbocycles. The van der Waals surface area contributed by atoms with Crippen molar-refractivity contribution >= 4 is 17.9 Å². The van der Waals surface area contributed by atoms with Gasteiger partial charge in [-0.3, -0.25) is 4.79 Å². The number of aliphatic hydroxyl groups is 1. The van der Waals surface area contributed by atoms with Crippen LogP contribution < -0.4 is 0 Å². The van der Waals surface area contributed by atoms with E-state index in [1.807, 2.05) is 12.1 Å². The maximum atomic E-state index is 13.7. The molecular weight excluding hydrogens is 664 g/mol. The summed E-state index contributed by atoms with van der Waals surface area (Å²) in [7, 11) is 0. The van der Waals surface area contributed by atoms with E-state index in [0.717, 1.165) is 43.3 Å². The lowest BCUT2D eigenvalue weighted by Gasteiger charge is -2.62. The Kier molecular flexibility index (Phi) is 10.7. The van der Waals surface area contributed by atoms with Crippen molar-refractivity contribution in [1.82, 2.24) is 0 Å². The number of ether oxygens (including phenoxy) is 3. The molecule has 9 atom stereocenters. The highest BCUT2D eigenvalue weighted by atomic mass is 16.6. The molecule has 0 spiro atoms. The molecule has 1 fully saturated rings. The molecule has 0 saturated heterocycles. The van der Waals surface area contributed by atoms with Crippen LogP contribution in [-0.2, 0) is 19.0 Å². The molecule has 0 bridgehead atoms. The van der Waals surface area contributed by atoms with Gasteiger partial charge in [-0.25, -0.2) is 9.59 Å². The normalized spacial score (nSPS) is 32.1. The van der Waals surface area contributed by atoms with Crippen molar-refractivity contribution in [2.24, 2.45) is 39.9 Å². The van der Waals surface area contributed by atoms with Gasteiger partial charge in [0, 0.05) is 17.8 Å². The molecule has 7 nitrogen and oxygen atoms in total. The van der Waals surface area contributed by atoms with E-state index in [4.69, 9.17) is 14.2 Å². The molecule has 284 valence electrons. The third-order valence-electron chi connectivity index (χ3n) is 13.6. The van der Waals surface area contributed by atoms with Crippen LogP contribution in [0, 0.1) is 39.9 Å². The number of esters is 3. The minimum atomic E-state index is -1.06. The summed E-state index contributed by atoms with van der Waals surface area (Å²) >= 11 is 0. The van der Waals surface area contributed by atoms with E-state index in [9.17, 15) is 19.5 Å². The molecule has 1 saturated carbocycles. The van der Waals surface area contributed by atoms with Crippen molar-refractivity contribution in [3.05, 3.63) is 107 Å². The van der Waals surface area contributed by atoms with Gasteiger partial charge in [-0.15, -0.1) is 0 Å². The van der Waals surface area contributed by atoms with Crippen molar-refractivity contribution in [3.63, 3.8) is 0 Å². The molecule has 3 unspecified atom stereocenters. The van der Waals surface area contributed by atoms with Gasteiger partial charge in [0.05, 0.1) is 11.1 Å². The van der Waals surface area contributed by atoms with Crippen molar-refractivity contribution in [2.75, 3.05) is 0 Å². The maximum Gasteiger partial charge on any atom is 0.338 e. The summed E-state index contributed by atoms with van der Waals surface area (Å²) in [5, 5.41) is 12.7. The average Bonchev–Trinajstić information content (AvgIpc) is 3.48. The minimum Gasteiger partial charge on any atom is -0.458 e. The van der Waals surface area contributed by atoms with Crippen molar-refractivity contribution in [2.45, 2.75) is 118 Å². The van der Waals surface area contributed by atoms with Crippen LogP contribution >= 0.6 is 0 Å². The molecule has 0 aliphatic heterocycles. The first-order chi connectivity index (χ1) is 25.0. The summed E-state index contributed by atoms with van der Waals surface area (Å²) < 4.78 is 19.0. The molecule has 2 aromatic rings. The number of fused-ring (bicyclic) bond motifs is 4. The average molecular weight is 723 g/mol. The van der Waals surface area contributed by atoms with Crippen LogP contribution in [0.25, 0.3) is 0 Å². The third-order valence-corrected chi connectivity index (χ3v) is 13.6. The zero-order chi connectivity index (χ0) is 38.5. The molecule has 6 rings (SSSR count). The fourth-order valence-corrected chi connectivity index (χ4v) is 10.9. The molecule has 7 heteroatoms. The SMILES string of the molecule is C=C(CC[C@@H](C)[C@H]1CC=C2C3=C([C@@H](O)[C@H](OC(C)=O)C21C)C1(C)C[C@@H](OC(=O)c2ccccc2)[C@H](OC(=O)c2ccccc2)C(C)(C)C1CC3)C(C)C. The number of carbonyl (C=O) groups is 3. The second-order valence-electron chi connectivity index (χ2n) is 17.5. The molecule has 53 heavy (non-hydrogen) atoms. The van der Waals surface area contributed by atoms with Gasteiger partial charge in [-0.1, -0.05) is 103 Å². The van der Waals surface area contributed by atoms with Crippen LogP contribution in [0.2, 0.25) is 0 Å². The summed E-state index contributed by atoms with van der Waals surface area (Å²) in [5.41, 5.74) is 3.33.